The third kappa shape index (κ3) is 5.37. The number of amides is 2. The molecule has 2 amide bonds. The van der Waals surface area contributed by atoms with Crippen LogP contribution in [0.4, 0.5) is 5.69 Å². The number of hydrogen-bond acceptors (Lipinski definition) is 3. The van der Waals surface area contributed by atoms with Gasteiger partial charge >= 0.3 is 0 Å². The van der Waals surface area contributed by atoms with Gasteiger partial charge in [-0.1, -0.05) is 29.8 Å². The van der Waals surface area contributed by atoms with Gasteiger partial charge in [0.2, 0.25) is 5.91 Å². The standard InChI is InChI=1S/C18H20ClN3O2/c1-20-18(24)14-6-4-8-16(10-14)21-17(23)12-22(2)11-13-5-3-7-15(19)9-13/h3-10H,11-12H2,1-2H3,(H,20,24)(H,21,23). The molecule has 2 aromatic carbocycles. The Morgan fingerprint density at radius 3 is 2.58 bits per heavy atom. The lowest BCUT2D eigenvalue weighted by Crippen LogP contribution is -2.30. The topological polar surface area (TPSA) is 61.4 Å². The van der Waals surface area contributed by atoms with E-state index in [9.17, 15) is 9.59 Å². The van der Waals surface area contributed by atoms with Gasteiger partial charge in [-0.15, -0.1) is 0 Å². The molecule has 0 spiro atoms. The monoisotopic (exact) mass is 345 g/mol. The molecule has 6 heteroatoms. The number of nitrogens with one attached hydrogen (secondary N) is 2. The molecule has 0 heterocycles. The summed E-state index contributed by atoms with van der Waals surface area (Å²) in [7, 11) is 3.43. The van der Waals surface area contributed by atoms with Gasteiger partial charge in [-0.05, 0) is 42.9 Å². The lowest BCUT2D eigenvalue weighted by Gasteiger charge is -2.16. The first kappa shape index (κ1) is 18.0. The second-order valence-electron chi connectivity index (χ2n) is 5.51. The van der Waals surface area contributed by atoms with Crippen molar-refractivity contribution in [1.82, 2.24) is 10.2 Å². The largest absolute Gasteiger partial charge is 0.355 e. The van der Waals surface area contributed by atoms with Crippen molar-refractivity contribution in [3.63, 3.8) is 0 Å². The van der Waals surface area contributed by atoms with Crippen molar-refractivity contribution in [2.75, 3.05) is 26.0 Å². The van der Waals surface area contributed by atoms with Crippen LogP contribution in [0.2, 0.25) is 5.02 Å². The zero-order valence-corrected chi connectivity index (χ0v) is 14.4. The van der Waals surface area contributed by atoms with E-state index >= 15 is 0 Å². The molecule has 0 aliphatic rings. The number of rotatable bonds is 6. The Hall–Kier alpha value is -2.37. The molecule has 0 saturated heterocycles. The second-order valence-corrected chi connectivity index (χ2v) is 5.95. The Morgan fingerprint density at radius 1 is 1.12 bits per heavy atom. The van der Waals surface area contributed by atoms with Crippen LogP contribution in [0.15, 0.2) is 48.5 Å². The highest BCUT2D eigenvalue weighted by Crippen LogP contribution is 2.13. The first-order chi connectivity index (χ1) is 11.5. The quantitative estimate of drug-likeness (QED) is 0.846. The summed E-state index contributed by atoms with van der Waals surface area (Å²) in [5.74, 6) is -0.335. The van der Waals surface area contributed by atoms with Gasteiger partial charge in [0.05, 0.1) is 6.54 Å². The summed E-state index contributed by atoms with van der Waals surface area (Å²) in [5, 5.41) is 6.04. The molecule has 0 fully saturated rings. The van der Waals surface area contributed by atoms with E-state index in [2.05, 4.69) is 10.6 Å². The average molecular weight is 346 g/mol. The normalized spacial score (nSPS) is 10.5. The molecule has 5 nitrogen and oxygen atoms in total. The Labute approximate surface area is 146 Å². The van der Waals surface area contributed by atoms with Gasteiger partial charge in [-0.3, -0.25) is 14.5 Å². The second kappa shape index (κ2) is 8.47. The van der Waals surface area contributed by atoms with E-state index in [1.807, 2.05) is 36.2 Å². The molecule has 0 radical (unpaired) electrons. The van der Waals surface area contributed by atoms with E-state index in [1.54, 1.807) is 31.3 Å². The van der Waals surface area contributed by atoms with Gasteiger partial charge in [-0.25, -0.2) is 0 Å². The summed E-state index contributed by atoms with van der Waals surface area (Å²) in [6.07, 6.45) is 0. The summed E-state index contributed by atoms with van der Waals surface area (Å²) in [6.45, 7) is 0.850. The number of carbonyl (C=O) groups is 2. The van der Waals surface area contributed by atoms with Crippen LogP contribution in [0.5, 0.6) is 0 Å². The maximum absolute atomic E-state index is 12.2. The van der Waals surface area contributed by atoms with E-state index in [4.69, 9.17) is 11.6 Å². The van der Waals surface area contributed by atoms with E-state index in [1.165, 1.54) is 0 Å². The summed E-state index contributed by atoms with van der Waals surface area (Å²) in [6, 6.07) is 14.4. The predicted octanol–water partition coefficient (Wildman–Crippen LogP) is 2.77. The van der Waals surface area contributed by atoms with Crippen LogP contribution >= 0.6 is 11.6 Å². The van der Waals surface area contributed by atoms with Crippen molar-refractivity contribution < 1.29 is 9.59 Å². The highest BCUT2D eigenvalue weighted by molar-refractivity contribution is 6.30. The van der Waals surface area contributed by atoms with Crippen molar-refractivity contribution in [3.8, 4) is 0 Å². The molecule has 126 valence electrons. The van der Waals surface area contributed by atoms with Gasteiger partial charge < -0.3 is 10.6 Å². The number of benzene rings is 2. The van der Waals surface area contributed by atoms with Crippen molar-refractivity contribution in [2.24, 2.45) is 0 Å². The molecule has 0 aromatic heterocycles. The van der Waals surface area contributed by atoms with E-state index in [0.29, 0.717) is 22.8 Å². The van der Waals surface area contributed by atoms with Crippen LogP contribution in [0.25, 0.3) is 0 Å². The fraction of sp³-hybridized carbons (Fsp3) is 0.222. The fourth-order valence-electron chi connectivity index (χ4n) is 2.33. The number of anilines is 1. The molecule has 0 aliphatic carbocycles. The van der Waals surface area contributed by atoms with Gasteiger partial charge in [-0.2, -0.15) is 0 Å². The van der Waals surface area contributed by atoms with E-state index in [-0.39, 0.29) is 18.4 Å². The third-order valence-corrected chi connectivity index (χ3v) is 3.63. The molecule has 0 bridgehead atoms. The van der Waals surface area contributed by atoms with Gasteiger partial charge in [0.25, 0.3) is 5.91 Å². The highest BCUT2D eigenvalue weighted by Gasteiger charge is 2.09. The summed E-state index contributed by atoms with van der Waals surface area (Å²) in [4.78, 5) is 25.7. The molecule has 2 aromatic rings. The highest BCUT2D eigenvalue weighted by atomic mass is 35.5. The van der Waals surface area contributed by atoms with Crippen LogP contribution in [-0.2, 0) is 11.3 Å². The molecular formula is C18H20ClN3O2. The van der Waals surface area contributed by atoms with E-state index in [0.717, 1.165) is 5.56 Å². The van der Waals surface area contributed by atoms with E-state index < -0.39 is 0 Å². The molecular weight excluding hydrogens is 326 g/mol. The number of nitrogens with zero attached hydrogens (tertiary/aromatic N) is 1. The first-order valence-electron chi connectivity index (χ1n) is 7.53. The maximum atomic E-state index is 12.2. The molecule has 0 unspecified atom stereocenters. The summed E-state index contributed by atoms with van der Waals surface area (Å²) >= 11 is 5.96. The van der Waals surface area contributed by atoms with Crippen LogP contribution in [0, 0.1) is 0 Å². The smallest absolute Gasteiger partial charge is 0.251 e. The minimum Gasteiger partial charge on any atom is -0.355 e. The van der Waals surface area contributed by atoms with Crippen LogP contribution < -0.4 is 10.6 Å². The van der Waals surface area contributed by atoms with Crippen molar-refractivity contribution in [3.05, 3.63) is 64.7 Å². The Kier molecular flexibility index (Phi) is 6.35. The van der Waals surface area contributed by atoms with Gasteiger partial charge in [0.1, 0.15) is 0 Å². The molecule has 0 aliphatic heterocycles. The predicted molar refractivity (Wildman–Crippen MR) is 96.2 cm³/mol. The summed E-state index contributed by atoms with van der Waals surface area (Å²) < 4.78 is 0. The van der Waals surface area contributed by atoms with Gasteiger partial charge in [0.15, 0.2) is 0 Å². The summed E-state index contributed by atoms with van der Waals surface area (Å²) in [5.41, 5.74) is 2.14. The fourth-order valence-corrected chi connectivity index (χ4v) is 2.54. The minimum atomic E-state index is -0.191. The third-order valence-electron chi connectivity index (χ3n) is 3.39. The lowest BCUT2D eigenvalue weighted by molar-refractivity contribution is -0.117. The molecule has 2 rings (SSSR count). The van der Waals surface area contributed by atoms with Crippen LogP contribution in [-0.4, -0.2) is 37.4 Å². The van der Waals surface area contributed by atoms with Crippen molar-refractivity contribution in [2.45, 2.75) is 6.54 Å². The molecule has 24 heavy (non-hydrogen) atoms. The zero-order chi connectivity index (χ0) is 17.5. The number of carbonyl (C=O) groups excluding carboxylic acids is 2. The number of hydrogen-bond donors (Lipinski definition) is 2. The maximum Gasteiger partial charge on any atom is 0.251 e. The average Bonchev–Trinajstić information content (AvgIpc) is 2.54. The SMILES string of the molecule is CNC(=O)c1cccc(NC(=O)CN(C)Cc2cccc(Cl)c2)c1. The molecule has 0 atom stereocenters. The molecule has 2 N–H and O–H groups in total. The van der Waals surface area contributed by atoms with Crippen molar-refractivity contribution >= 4 is 29.1 Å². The minimum absolute atomic E-state index is 0.145. The Morgan fingerprint density at radius 2 is 1.88 bits per heavy atom. The van der Waals surface area contributed by atoms with Crippen molar-refractivity contribution in [1.29, 1.82) is 0 Å². The van der Waals surface area contributed by atoms with Crippen LogP contribution in [0.3, 0.4) is 0 Å². The Balaban J connectivity index is 1.92. The molecule has 0 saturated carbocycles. The van der Waals surface area contributed by atoms with Crippen LogP contribution in [0.1, 0.15) is 15.9 Å². The Bertz CT molecular complexity index is 734. The first-order valence-corrected chi connectivity index (χ1v) is 7.90. The number of halogens is 1. The zero-order valence-electron chi connectivity index (χ0n) is 13.7. The number of likely N-dealkylation sites (N-methyl/N-ethyl adjacent to an activating group) is 1. The lowest BCUT2D eigenvalue weighted by atomic mass is 10.2. The van der Waals surface area contributed by atoms with Gasteiger partial charge in [0, 0.05) is 29.9 Å².